The SMILES string of the molecule is CC1CCC(C(=O)C[C@@H](COCc2ccccc2)C(=O)OCc2ccccc2)(C(C)O)N1C(=O)OC(C)(C)C.CC1CCC(C(=O)O)(C(C)O)N1C(=O)OC(C)(C)C.CC1CCC2(C(=O)N([C@@H](CO)C(=O)O)C2C)N1C(=O)OC(C)(C)C.CC1CCC2(C(=O)N([C@@H](COCc3ccccc3)C(=O)OCc3ccccc3)C2C)N1C(=O)OC(C)(C)C.[CH3-].[Pd]. The molecule has 6 aliphatic rings. The monoisotopic (exact) mass is 1800 g/mol. The summed E-state index contributed by atoms with van der Waals surface area (Å²) in [6, 6.07) is 33.7. The van der Waals surface area contributed by atoms with Crippen LogP contribution in [0.1, 0.15) is 219 Å². The minimum atomic E-state index is -1.60. The number of likely N-dealkylation sites (tertiary alicyclic amines) is 6. The Morgan fingerprint density at radius 3 is 1.04 bits per heavy atom. The molecule has 680 valence electrons. The molecule has 30 nitrogen and oxygen atoms in total. The van der Waals surface area contributed by atoms with Crippen LogP contribution < -0.4 is 0 Å². The quantitative estimate of drug-likeness (QED) is 0.0143. The Balaban J connectivity index is 0.000000299. The van der Waals surface area contributed by atoms with E-state index in [-0.39, 0.29) is 110 Å². The number of esters is 2. The maximum atomic E-state index is 14.0. The van der Waals surface area contributed by atoms with E-state index >= 15 is 0 Å². The number of ether oxygens (including phenoxy) is 8. The van der Waals surface area contributed by atoms with Crippen LogP contribution in [0.3, 0.4) is 0 Å². The van der Waals surface area contributed by atoms with Crippen molar-refractivity contribution < 1.29 is 137 Å². The summed E-state index contributed by atoms with van der Waals surface area (Å²) in [4.78, 5) is 150. The minimum absolute atomic E-state index is 0. The van der Waals surface area contributed by atoms with Gasteiger partial charge in [-0.1, -0.05) is 121 Å². The number of aliphatic hydroxyl groups excluding tert-OH is 3. The minimum Gasteiger partial charge on any atom is -0.480 e. The summed E-state index contributed by atoms with van der Waals surface area (Å²) in [7, 11) is 0. The molecule has 2 spiro atoms. The second-order valence-corrected chi connectivity index (χ2v) is 36.1. The zero-order chi connectivity index (χ0) is 89.6. The largest absolute Gasteiger partial charge is 0.480 e. The molecule has 12 unspecified atom stereocenters. The van der Waals surface area contributed by atoms with E-state index in [2.05, 4.69) is 0 Å². The maximum Gasteiger partial charge on any atom is 0.411 e. The fourth-order valence-corrected chi connectivity index (χ4v) is 16.8. The van der Waals surface area contributed by atoms with Crippen LogP contribution in [0.25, 0.3) is 0 Å². The van der Waals surface area contributed by atoms with Crippen LogP contribution in [-0.2, 0) is 118 Å². The number of carboxylic acid groups (broad SMARTS) is 2. The van der Waals surface area contributed by atoms with E-state index in [1.165, 1.54) is 33.4 Å². The van der Waals surface area contributed by atoms with Crippen LogP contribution in [0, 0.1) is 13.3 Å². The van der Waals surface area contributed by atoms with Crippen LogP contribution in [0.5, 0.6) is 0 Å². The van der Waals surface area contributed by atoms with Gasteiger partial charge in [0.15, 0.2) is 23.4 Å². The number of β-lactam (4-membered cyclic amide) rings is 2. The summed E-state index contributed by atoms with van der Waals surface area (Å²) >= 11 is 0. The normalized spacial score (nSPS) is 24.7. The Bertz CT molecular complexity index is 4170. The molecule has 0 radical (unpaired) electrons. The standard InChI is InChI=1S/C31H41NO7.C30H38N2O6.C16H26N2O6.C13H23NO5.CH3.Pd/c1-22-16-17-31(23(2)33,32(22)29(36)39-30(3,4)5)27(34)18-26(21-37-19-24-12-8-6-9-13-24)28(35)38-20-25-14-10-7-11-15-25;1-21-16-17-30(32(21)28(35)38-29(3,4)5)22(2)31(27(30)34)25(20-36-18-23-12-8-6-9-13-23)26(33)37-19-24-14-10-7-11-15-24;1-9-6-7-16(18(9)14(23)24-15(3,4)5)10(2)17(13(16)22)11(8-19)12(20)21;1-8-6-7-13(9(2)15,10(16)17)14(8)11(18)19-12(3,4)5;;/h6-15,22-23,26,33H,16-21H2,1-5H3;6-15,21-22,25H,16-20H2,1-5H3;9-11,19H,6-8H2,1-5H3,(H,20,21);8-9,15H,6-7H2,1-5H3,(H,16,17);1H3;/q;;;;-1;/t22?,23?,26-,31?;21?,22?,25-,30?;9?,10?,11-,16?;;;/m000.../s1. The number of carbonyl (C=O) groups is 11. The zero-order valence-electron chi connectivity index (χ0n) is 74.7. The summed E-state index contributed by atoms with van der Waals surface area (Å²) < 4.78 is 45.0. The first-order chi connectivity index (χ1) is 56.0. The van der Waals surface area contributed by atoms with Gasteiger partial charge in [-0.25, -0.2) is 33.6 Å². The molecule has 4 aromatic carbocycles. The van der Waals surface area contributed by atoms with Gasteiger partial charge in [-0.05, 0) is 212 Å². The number of aliphatic hydroxyl groups is 3. The average Bonchev–Trinajstić information content (AvgIpc) is 1.45. The number of benzene rings is 4. The molecule has 0 aliphatic carbocycles. The van der Waals surface area contributed by atoms with Crippen molar-refractivity contribution in [3.63, 3.8) is 0 Å². The number of ketones is 1. The van der Waals surface area contributed by atoms with Crippen molar-refractivity contribution in [1.29, 1.82) is 0 Å². The molecule has 15 atom stereocenters. The summed E-state index contributed by atoms with van der Waals surface area (Å²) in [5, 5.41) is 48.8. The molecule has 10 rings (SSSR count). The fraction of sp³-hybridized carbons (Fsp3) is 0.604. The Morgan fingerprint density at radius 2 is 0.721 bits per heavy atom. The topological polar surface area (TPSA) is 382 Å². The average molecular weight is 1800 g/mol. The van der Waals surface area contributed by atoms with Gasteiger partial charge in [-0.15, -0.1) is 0 Å². The van der Waals surface area contributed by atoms with Crippen molar-refractivity contribution in [2.45, 2.75) is 328 Å². The number of rotatable bonds is 24. The molecule has 0 saturated carbocycles. The first-order valence-electron chi connectivity index (χ1n) is 41.3. The summed E-state index contributed by atoms with van der Waals surface area (Å²) in [6.07, 6.45) is -1.20. The van der Waals surface area contributed by atoms with Gasteiger partial charge in [0.05, 0.1) is 63.2 Å². The van der Waals surface area contributed by atoms with Gasteiger partial charge in [-0.3, -0.25) is 38.8 Å². The summed E-state index contributed by atoms with van der Waals surface area (Å²) in [5.41, 5.74) is -4.52. The predicted octanol–water partition coefficient (Wildman–Crippen LogP) is 12.6. The second-order valence-electron chi connectivity index (χ2n) is 36.1. The third kappa shape index (κ3) is 24.3. The Morgan fingerprint density at radius 1 is 0.426 bits per heavy atom. The van der Waals surface area contributed by atoms with Gasteiger partial charge in [0.25, 0.3) is 11.8 Å². The summed E-state index contributed by atoms with van der Waals surface area (Å²) in [5.74, 6) is -5.62. The van der Waals surface area contributed by atoms with Crippen LogP contribution in [0.15, 0.2) is 121 Å². The Kier molecular flexibility index (Phi) is 36.5. The van der Waals surface area contributed by atoms with E-state index < -0.39 is 153 Å². The summed E-state index contributed by atoms with van der Waals surface area (Å²) in [6.45, 7) is 34.9. The molecule has 5 N–H and O–H groups in total. The molecule has 0 bridgehead atoms. The number of carbonyl (C=O) groups excluding carboxylic acids is 9. The molecule has 4 aromatic rings. The fourth-order valence-electron chi connectivity index (χ4n) is 16.8. The van der Waals surface area contributed by atoms with Crippen molar-refractivity contribution in [3.8, 4) is 0 Å². The molecule has 0 aromatic heterocycles. The van der Waals surface area contributed by atoms with E-state index in [0.717, 1.165) is 27.2 Å². The van der Waals surface area contributed by atoms with E-state index in [1.807, 2.05) is 149 Å². The van der Waals surface area contributed by atoms with Gasteiger partial charge in [0.1, 0.15) is 52.2 Å². The number of hydrogen-bond acceptors (Lipinski definition) is 22. The van der Waals surface area contributed by atoms with Gasteiger partial charge < -0.3 is 80.7 Å². The third-order valence-electron chi connectivity index (χ3n) is 22.7. The third-order valence-corrected chi connectivity index (χ3v) is 22.7. The molecule has 6 aliphatic heterocycles. The zero-order valence-corrected chi connectivity index (χ0v) is 76.3. The number of Topliss-reactive ketones (excluding diaryl/α,β-unsaturated/α-hetero) is 1. The van der Waals surface area contributed by atoms with Gasteiger partial charge in [-0.2, -0.15) is 0 Å². The molecular formula is C91H131N6O24Pd-. The van der Waals surface area contributed by atoms with E-state index in [1.54, 1.807) is 102 Å². The van der Waals surface area contributed by atoms with Crippen LogP contribution in [0.4, 0.5) is 19.2 Å². The van der Waals surface area contributed by atoms with E-state index in [4.69, 9.17) is 37.9 Å². The van der Waals surface area contributed by atoms with Gasteiger partial charge in [0.2, 0.25) is 0 Å². The predicted molar refractivity (Wildman–Crippen MR) is 448 cm³/mol. The van der Waals surface area contributed by atoms with Crippen LogP contribution in [0.2, 0.25) is 0 Å². The van der Waals surface area contributed by atoms with Crippen molar-refractivity contribution in [3.05, 3.63) is 151 Å². The number of nitrogens with zero attached hydrogens (tertiary/aromatic N) is 6. The van der Waals surface area contributed by atoms with Crippen LogP contribution in [-0.4, -0.2) is 246 Å². The van der Waals surface area contributed by atoms with Crippen molar-refractivity contribution >= 4 is 65.8 Å². The molecule has 31 heteroatoms. The van der Waals surface area contributed by atoms with Gasteiger partial charge in [0, 0.05) is 51.0 Å². The number of amides is 6. The van der Waals surface area contributed by atoms with Crippen LogP contribution >= 0.6 is 0 Å². The first-order valence-corrected chi connectivity index (χ1v) is 41.3. The van der Waals surface area contributed by atoms with Crippen molar-refractivity contribution in [1.82, 2.24) is 29.4 Å². The number of carboxylic acids is 2. The Hall–Kier alpha value is -9.09. The molecular weight excluding hydrogens is 1670 g/mol. The van der Waals surface area contributed by atoms with E-state index in [9.17, 15) is 78.3 Å². The second kappa shape index (κ2) is 43.0. The van der Waals surface area contributed by atoms with Crippen molar-refractivity contribution in [2.75, 3.05) is 19.8 Å². The molecule has 6 amide bonds. The van der Waals surface area contributed by atoms with Gasteiger partial charge >= 0.3 is 48.3 Å². The molecule has 6 heterocycles. The first kappa shape index (κ1) is 103. The maximum absolute atomic E-state index is 14.0. The number of hydrogen-bond donors (Lipinski definition) is 5. The van der Waals surface area contributed by atoms with Crippen molar-refractivity contribution in [2.24, 2.45) is 5.92 Å². The van der Waals surface area contributed by atoms with E-state index in [0.29, 0.717) is 45.1 Å². The Labute approximate surface area is 732 Å². The number of aliphatic carboxylic acids is 2. The smallest absolute Gasteiger partial charge is 0.411 e. The molecule has 122 heavy (non-hydrogen) atoms. The molecule has 6 fully saturated rings. The molecule has 6 saturated heterocycles.